The standard InChI is InChI=1S/C15H10ClNO3/c16-9-4-5-13-10(7-9)14(18)11(8-20-13)15(19)12-3-1-2-6-17-12/h1-8,15,19H. The second-order valence-corrected chi connectivity index (χ2v) is 4.75. The molecular weight excluding hydrogens is 278 g/mol. The van der Waals surface area contributed by atoms with E-state index in [0.29, 0.717) is 21.7 Å². The smallest absolute Gasteiger partial charge is 0.198 e. The molecule has 0 bridgehead atoms. The number of pyridine rings is 1. The number of rotatable bonds is 2. The predicted molar refractivity (Wildman–Crippen MR) is 75.8 cm³/mol. The van der Waals surface area contributed by atoms with Crippen molar-refractivity contribution in [2.45, 2.75) is 6.10 Å². The van der Waals surface area contributed by atoms with E-state index in [9.17, 15) is 9.90 Å². The van der Waals surface area contributed by atoms with E-state index in [0.717, 1.165) is 0 Å². The molecule has 0 amide bonds. The lowest BCUT2D eigenvalue weighted by atomic mass is 10.1. The summed E-state index contributed by atoms with van der Waals surface area (Å²) in [6.45, 7) is 0. The molecule has 0 aliphatic heterocycles. The van der Waals surface area contributed by atoms with Crippen molar-refractivity contribution in [2.75, 3.05) is 0 Å². The molecule has 100 valence electrons. The van der Waals surface area contributed by atoms with Gasteiger partial charge < -0.3 is 9.52 Å². The number of fused-ring (bicyclic) bond motifs is 1. The van der Waals surface area contributed by atoms with Gasteiger partial charge in [0.15, 0.2) is 5.43 Å². The fourth-order valence-electron chi connectivity index (χ4n) is 2.00. The summed E-state index contributed by atoms with van der Waals surface area (Å²) in [4.78, 5) is 16.4. The van der Waals surface area contributed by atoms with Crippen LogP contribution in [0.25, 0.3) is 11.0 Å². The zero-order chi connectivity index (χ0) is 14.1. The molecule has 1 unspecified atom stereocenters. The number of aromatic nitrogens is 1. The molecule has 3 aromatic rings. The van der Waals surface area contributed by atoms with Gasteiger partial charge in [-0.15, -0.1) is 0 Å². The second kappa shape index (κ2) is 5.07. The van der Waals surface area contributed by atoms with Gasteiger partial charge in [0, 0.05) is 11.2 Å². The number of nitrogens with zero attached hydrogens (tertiary/aromatic N) is 1. The van der Waals surface area contributed by atoms with Crippen LogP contribution in [-0.4, -0.2) is 10.1 Å². The predicted octanol–water partition coefficient (Wildman–Crippen LogP) is 2.92. The van der Waals surface area contributed by atoms with Crippen molar-refractivity contribution in [1.29, 1.82) is 0 Å². The maximum absolute atomic E-state index is 12.4. The van der Waals surface area contributed by atoms with Gasteiger partial charge in [-0.2, -0.15) is 0 Å². The number of benzene rings is 1. The van der Waals surface area contributed by atoms with Crippen LogP contribution in [0.1, 0.15) is 17.4 Å². The van der Waals surface area contributed by atoms with E-state index in [2.05, 4.69) is 4.98 Å². The third kappa shape index (κ3) is 2.19. The first kappa shape index (κ1) is 12.8. The summed E-state index contributed by atoms with van der Waals surface area (Å²) < 4.78 is 5.37. The van der Waals surface area contributed by atoms with Crippen LogP contribution in [0.3, 0.4) is 0 Å². The Morgan fingerprint density at radius 2 is 2.10 bits per heavy atom. The van der Waals surface area contributed by atoms with Gasteiger partial charge in [-0.05, 0) is 30.3 Å². The van der Waals surface area contributed by atoms with Gasteiger partial charge in [0.1, 0.15) is 18.0 Å². The molecule has 4 nitrogen and oxygen atoms in total. The van der Waals surface area contributed by atoms with Gasteiger partial charge in [0.05, 0.1) is 16.6 Å². The maximum Gasteiger partial charge on any atom is 0.198 e. The molecule has 2 heterocycles. The Hall–Kier alpha value is -2.17. The Labute approximate surface area is 119 Å². The van der Waals surface area contributed by atoms with E-state index < -0.39 is 6.10 Å². The van der Waals surface area contributed by atoms with Crippen molar-refractivity contribution < 1.29 is 9.52 Å². The largest absolute Gasteiger partial charge is 0.464 e. The third-order valence-corrected chi connectivity index (χ3v) is 3.26. The highest BCUT2D eigenvalue weighted by Gasteiger charge is 2.18. The summed E-state index contributed by atoms with van der Waals surface area (Å²) in [6.07, 6.45) is 1.69. The Kier molecular flexibility index (Phi) is 3.26. The molecule has 1 aromatic carbocycles. The molecule has 0 aliphatic rings. The first-order valence-electron chi connectivity index (χ1n) is 5.97. The molecular formula is C15H10ClNO3. The first-order chi connectivity index (χ1) is 9.66. The SMILES string of the molecule is O=c1c(C(O)c2ccccn2)coc2ccc(Cl)cc12. The molecule has 1 N–H and O–H groups in total. The minimum Gasteiger partial charge on any atom is -0.464 e. The number of hydrogen-bond donors (Lipinski definition) is 1. The summed E-state index contributed by atoms with van der Waals surface area (Å²) in [5.74, 6) is 0. The molecule has 1 atom stereocenters. The van der Waals surface area contributed by atoms with Gasteiger partial charge >= 0.3 is 0 Å². The average molecular weight is 288 g/mol. The minimum absolute atomic E-state index is 0.137. The van der Waals surface area contributed by atoms with Crippen molar-refractivity contribution in [3.63, 3.8) is 0 Å². The van der Waals surface area contributed by atoms with Crippen molar-refractivity contribution in [3.8, 4) is 0 Å². The Morgan fingerprint density at radius 3 is 2.85 bits per heavy atom. The van der Waals surface area contributed by atoms with Crippen LogP contribution in [0.5, 0.6) is 0 Å². The summed E-state index contributed by atoms with van der Waals surface area (Å²) in [5.41, 5.74) is 0.642. The number of aliphatic hydroxyl groups is 1. The molecule has 3 rings (SSSR count). The average Bonchev–Trinajstić information content (AvgIpc) is 2.48. The van der Waals surface area contributed by atoms with Crippen LogP contribution < -0.4 is 5.43 Å². The Balaban J connectivity index is 2.18. The monoisotopic (exact) mass is 287 g/mol. The van der Waals surface area contributed by atoms with Crippen LogP contribution >= 0.6 is 11.6 Å². The van der Waals surface area contributed by atoms with E-state index in [1.165, 1.54) is 12.3 Å². The van der Waals surface area contributed by atoms with Gasteiger partial charge in [-0.3, -0.25) is 9.78 Å². The van der Waals surface area contributed by atoms with Crippen molar-refractivity contribution in [2.24, 2.45) is 0 Å². The van der Waals surface area contributed by atoms with Gasteiger partial charge in [0.2, 0.25) is 0 Å². The number of aliphatic hydroxyl groups excluding tert-OH is 1. The van der Waals surface area contributed by atoms with E-state index >= 15 is 0 Å². The molecule has 2 aromatic heterocycles. The highest BCUT2D eigenvalue weighted by Crippen LogP contribution is 2.22. The van der Waals surface area contributed by atoms with Gasteiger partial charge in [-0.25, -0.2) is 0 Å². The fraction of sp³-hybridized carbons (Fsp3) is 0.0667. The lowest BCUT2D eigenvalue weighted by Crippen LogP contribution is -2.15. The van der Waals surface area contributed by atoms with Crippen LogP contribution in [0.2, 0.25) is 5.02 Å². The summed E-state index contributed by atoms with van der Waals surface area (Å²) >= 11 is 5.88. The zero-order valence-electron chi connectivity index (χ0n) is 10.3. The second-order valence-electron chi connectivity index (χ2n) is 4.32. The van der Waals surface area contributed by atoms with Crippen LogP contribution in [0.4, 0.5) is 0 Å². The molecule has 20 heavy (non-hydrogen) atoms. The lowest BCUT2D eigenvalue weighted by molar-refractivity contribution is 0.211. The van der Waals surface area contributed by atoms with E-state index in [1.807, 2.05) is 0 Å². The molecule has 0 saturated heterocycles. The molecule has 0 spiro atoms. The Bertz CT molecular complexity index is 814. The molecule has 0 fully saturated rings. The van der Waals surface area contributed by atoms with E-state index in [-0.39, 0.29) is 11.0 Å². The van der Waals surface area contributed by atoms with Gasteiger partial charge in [0.25, 0.3) is 0 Å². The lowest BCUT2D eigenvalue weighted by Gasteiger charge is -2.09. The highest BCUT2D eigenvalue weighted by molar-refractivity contribution is 6.31. The van der Waals surface area contributed by atoms with Crippen molar-refractivity contribution in [1.82, 2.24) is 4.98 Å². The van der Waals surface area contributed by atoms with Crippen LogP contribution in [-0.2, 0) is 0 Å². The molecule has 5 heteroatoms. The van der Waals surface area contributed by atoms with Crippen molar-refractivity contribution >= 4 is 22.6 Å². The Morgan fingerprint density at radius 1 is 1.25 bits per heavy atom. The number of hydrogen-bond acceptors (Lipinski definition) is 4. The normalized spacial score (nSPS) is 12.5. The zero-order valence-corrected chi connectivity index (χ0v) is 11.0. The third-order valence-electron chi connectivity index (χ3n) is 3.02. The van der Waals surface area contributed by atoms with Crippen LogP contribution in [0.15, 0.2) is 58.1 Å². The molecule has 0 radical (unpaired) electrons. The quantitative estimate of drug-likeness (QED) is 0.787. The van der Waals surface area contributed by atoms with Crippen molar-refractivity contribution in [3.05, 3.63) is 75.4 Å². The van der Waals surface area contributed by atoms with Gasteiger partial charge in [-0.1, -0.05) is 17.7 Å². The summed E-state index contributed by atoms with van der Waals surface area (Å²) in [6, 6.07) is 9.91. The summed E-state index contributed by atoms with van der Waals surface area (Å²) in [7, 11) is 0. The molecule has 0 saturated carbocycles. The fourth-order valence-corrected chi connectivity index (χ4v) is 2.18. The van der Waals surface area contributed by atoms with E-state index in [4.69, 9.17) is 16.0 Å². The minimum atomic E-state index is -1.13. The molecule has 0 aliphatic carbocycles. The number of halogens is 1. The topological polar surface area (TPSA) is 63.3 Å². The summed E-state index contributed by atoms with van der Waals surface area (Å²) in [5, 5.41) is 11.0. The first-order valence-corrected chi connectivity index (χ1v) is 6.34. The maximum atomic E-state index is 12.4. The van der Waals surface area contributed by atoms with E-state index in [1.54, 1.807) is 36.5 Å². The van der Waals surface area contributed by atoms with Crippen LogP contribution in [0, 0.1) is 0 Å². The highest BCUT2D eigenvalue weighted by atomic mass is 35.5.